The first-order valence-corrected chi connectivity index (χ1v) is 6.48. The standard InChI is InChI=1S/C16H20N2O/c1-16(2,3)15(19)18(4)11-13-10-9-12-7-5-6-8-14(12)17-13/h5-10H,11H2,1-4H3. The minimum absolute atomic E-state index is 0.127. The summed E-state index contributed by atoms with van der Waals surface area (Å²) in [6.45, 7) is 6.33. The van der Waals surface area contributed by atoms with E-state index in [1.165, 1.54) is 0 Å². The van der Waals surface area contributed by atoms with Crippen molar-refractivity contribution in [3.05, 3.63) is 42.1 Å². The maximum Gasteiger partial charge on any atom is 0.228 e. The van der Waals surface area contributed by atoms with Gasteiger partial charge in [0.1, 0.15) is 0 Å². The van der Waals surface area contributed by atoms with Crippen LogP contribution in [0.5, 0.6) is 0 Å². The first-order valence-electron chi connectivity index (χ1n) is 6.48. The van der Waals surface area contributed by atoms with E-state index in [9.17, 15) is 4.79 Å². The third-order valence-corrected chi connectivity index (χ3v) is 3.04. The van der Waals surface area contributed by atoms with E-state index in [4.69, 9.17) is 0 Å². The molecule has 0 unspecified atom stereocenters. The van der Waals surface area contributed by atoms with Gasteiger partial charge < -0.3 is 4.90 Å². The van der Waals surface area contributed by atoms with E-state index in [1.54, 1.807) is 4.90 Å². The number of benzene rings is 1. The van der Waals surface area contributed by atoms with Crippen LogP contribution in [-0.2, 0) is 11.3 Å². The molecular weight excluding hydrogens is 236 g/mol. The number of aromatic nitrogens is 1. The number of carbonyl (C=O) groups excluding carboxylic acids is 1. The fourth-order valence-corrected chi connectivity index (χ4v) is 2.08. The summed E-state index contributed by atoms with van der Waals surface area (Å²) in [5.41, 5.74) is 1.53. The lowest BCUT2D eigenvalue weighted by atomic mass is 9.95. The van der Waals surface area contributed by atoms with Crippen LogP contribution in [0.1, 0.15) is 26.5 Å². The third-order valence-electron chi connectivity index (χ3n) is 3.04. The lowest BCUT2D eigenvalue weighted by Gasteiger charge is -2.25. The molecule has 0 spiro atoms. The fraction of sp³-hybridized carbons (Fsp3) is 0.375. The van der Waals surface area contributed by atoms with E-state index in [0.29, 0.717) is 6.54 Å². The van der Waals surface area contributed by atoms with Gasteiger partial charge in [0.15, 0.2) is 0 Å². The van der Waals surface area contributed by atoms with Crippen LogP contribution < -0.4 is 0 Å². The Morgan fingerprint density at radius 1 is 1.16 bits per heavy atom. The second kappa shape index (κ2) is 5.00. The van der Waals surface area contributed by atoms with Gasteiger partial charge in [-0.15, -0.1) is 0 Å². The number of amides is 1. The van der Waals surface area contributed by atoms with Crippen molar-refractivity contribution in [2.45, 2.75) is 27.3 Å². The minimum atomic E-state index is -0.356. The van der Waals surface area contributed by atoms with Crippen LogP contribution in [0.3, 0.4) is 0 Å². The number of hydrogen-bond donors (Lipinski definition) is 0. The van der Waals surface area contributed by atoms with Gasteiger partial charge >= 0.3 is 0 Å². The molecule has 3 nitrogen and oxygen atoms in total. The average molecular weight is 256 g/mol. The molecule has 19 heavy (non-hydrogen) atoms. The van der Waals surface area contributed by atoms with Gasteiger partial charge in [-0.1, -0.05) is 45.0 Å². The van der Waals surface area contributed by atoms with Gasteiger partial charge in [-0.05, 0) is 12.1 Å². The van der Waals surface area contributed by atoms with Gasteiger partial charge in [0.05, 0.1) is 17.8 Å². The molecule has 0 atom stereocenters. The quantitative estimate of drug-likeness (QED) is 0.826. The van der Waals surface area contributed by atoms with E-state index in [1.807, 2.05) is 64.2 Å². The second-order valence-electron chi connectivity index (χ2n) is 5.91. The van der Waals surface area contributed by atoms with Crippen LogP contribution in [0.2, 0.25) is 0 Å². The maximum atomic E-state index is 12.1. The normalized spacial score (nSPS) is 11.6. The Hall–Kier alpha value is -1.90. The summed E-state index contributed by atoms with van der Waals surface area (Å²) in [4.78, 5) is 18.4. The Bertz CT molecular complexity index is 599. The zero-order valence-corrected chi connectivity index (χ0v) is 12.0. The van der Waals surface area contributed by atoms with Gasteiger partial charge in [0.2, 0.25) is 5.91 Å². The average Bonchev–Trinajstić information content (AvgIpc) is 2.36. The van der Waals surface area contributed by atoms with Gasteiger partial charge in [-0.3, -0.25) is 9.78 Å². The Balaban J connectivity index is 2.19. The highest BCUT2D eigenvalue weighted by Gasteiger charge is 2.25. The smallest absolute Gasteiger partial charge is 0.228 e. The first kappa shape index (κ1) is 13.5. The van der Waals surface area contributed by atoms with Crippen molar-refractivity contribution in [3.8, 4) is 0 Å². The molecule has 1 aromatic carbocycles. The number of pyridine rings is 1. The molecule has 0 bridgehead atoms. The molecule has 1 amide bonds. The zero-order valence-electron chi connectivity index (χ0n) is 12.0. The Morgan fingerprint density at radius 3 is 2.53 bits per heavy atom. The van der Waals surface area contributed by atoms with Crippen molar-refractivity contribution in [1.82, 2.24) is 9.88 Å². The van der Waals surface area contributed by atoms with Crippen LogP contribution in [0.25, 0.3) is 10.9 Å². The number of hydrogen-bond acceptors (Lipinski definition) is 2. The molecular formula is C16H20N2O. The van der Waals surface area contributed by atoms with Crippen molar-refractivity contribution >= 4 is 16.8 Å². The topological polar surface area (TPSA) is 33.2 Å². The first-order chi connectivity index (χ1) is 8.88. The summed E-state index contributed by atoms with van der Waals surface area (Å²) < 4.78 is 0. The summed E-state index contributed by atoms with van der Waals surface area (Å²) in [5.74, 6) is 0.127. The summed E-state index contributed by atoms with van der Waals surface area (Å²) in [6, 6.07) is 12.0. The van der Waals surface area contributed by atoms with Crippen LogP contribution in [-0.4, -0.2) is 22.8 Å². The van der Waals surface area contributed by atoms with Crippen molar-refractivity contribution in [2.24, 2.45) is 5.41 Å². The van der Waals surface area contributed by atoms with Crippen molar-refractivity contribution < 1.29 is 4.79 Å². The number of rotatable bonds is 2. The molecule has 0 saturated heterocycles. The predicted octanol–water partition coefficient (Wildman–Crippen LogP) is 3.24. The number of para-hydroxylation sites is 1. The van der Waals surface area contributed by atoms with Crippen molar-refractivity contribution in [1.29, 1.82) is 0 Å². The van der Waals surface area contributed by atoms with Crippen LogP contribution in [0.4, 0.5) is 0 Å². The van der Waals surface area contributed by atoms with E-state index in [-0.39, 0.29) is 11.3 Å². The lowest BCUT2D eigenvalue weighted by molar-refractivity contribution is -0.138. The molecule has 0 N–H and O–H groups in total. The fourth-order valence-electron chi connectivity index (χ4n) is 2.08. The van der Waals surface area contributed by atoms with Crippen molar-refractivity contribution in [2.75, 3.05) is 7.05 Å². The summed E-state index contributed by atoms with van der Waals surface area (Å²) in [5, 5.41) is 1.12. The summed E-state index contributed by atoms with van der Waals surface area (Å²) >= 11 is 0. The molecule has 0 saturated carbocycles. The third kappa shape index (κ3) is 3.11. The number of nitrogens with zero attached hydrogens (tertiary/aromatic N) is 2. The molecule has 3 heteroatoms. The second-order valence-corrected chi connectivity index (χ2v) is 5.91. The molecule has 100 valence electrons. The van der Waals surface area contributed by atoms with E-state index in [0.717, 1.165) is 16.6 Å². The SMILES string of the molecule is CN(Cc1ccc2ccccc2n1)C(=O)C(C)(C)C. The summed E-state index contributed by atoms with van der Waals surface area (Å²) in [7, 11) is 1.82. The zero-order chi connectivity index (χ0) is 14.0. The molecule has 1 heterocycles. The van der Waals surface area contributed by atoms with Gasteiger partial charge in [0.25, 0.3) is 0 Å². The van der Waals surface area contributed by atoms with Crippen molar-refractivity contribution in [3.63, 3.8) is 0 Å². The molecule has 0 radical (unpaired) electrons. The van der Waals surface area contributed by atoms with E-state index in [2.05, 4.69) is 4.98 Å². The Labute approximate surface area is 114 Å². The maximum absolute atomic E-state index is 12.1. The minimum Gasteiger partial charge on any atom is -0.339 e. The Kier molecular flexibility index (Phi) is 3.56. The highest BCUT2D eigenvalue weighted by atomic mass is 16.2. The van der Waals surface area contributed by atoms with Crippen LogP contribution in [0, 0.1) is 5.41 Å². The molecule has 0 aliphatic carbocycles. The highest BCUT2D eigenvalue weighted by molar-refractivity contribution is 5.81. The predicted molar refractivity (Wildman–Crippen MR) is 77.7 cm³/mol. The molecule has 2 aromatic rings. The number of carbonyl (C=O) groups is 1. The number of fused-ring (bicyclic) bond motifs is 1. The van der Waals surface area contributed by atoms with Gasteiger partial charge in [-0.2, -0.15) is 0 Å². The van der Waals surface area contributed by atoms with Crippen LogP contribution >= 0.6 is 0 Å². The van der Waals surface area contributed by atoms with Gasteiger partial charge in [0, 0.05) is 17.8 Å². The monoisotopic (exact) mass is 256 g/mol. The molecule has 1 aromatic heterocycles. The molecule has 2 rings (SSSR count). The molecule has 0 aliphatic rings. The lowest BCUT2D eigenvalue weighted by Crippen LogP contribution is -2.36. The largest absolute Gasteiger partial charge is 0.339 e. The highest BCUT2D eigenvalue weighted by Crippen LogP contribution is 2.18. The van der Waals surface area contributed by atoms with E-state index < -0.39 is 0 Å². The Morgan fingerprint density at radius 2 is 1.84 bits per heavy atom. The molecule has 0 fully saturated rings. The van der Waals surface area contributed by atoms with Crippen LogP contribution in [0.15, 0.2) is 36.4 Å². The molecule has 0 aliphatic heterocycles. The van der Waals surface area contributed by atoms with Gasteiger partial charge in [-0.25, -0.2) is 0 Å². The summed E-state index contributed by atoms with van der Waals surface area (Å²) in [6.07, 6.45) is 0. The van der Waals surface area contributed by atoms with E-state index >= 15 is 0 Å².